The molecule has 0 aliphatic carbocycles. The van der Waals surface area contributed by atoms with Gasteiger partial charge in [-0.15, -0.1) is 0 Å². The van der Waals surface area contributed by atoms with Crippen molar-refractivity contribution in [2.24, 2.45) is 0 Å². The third-order valence-electron chi connectivity index (χ3n) is 1.51. The Balaban J connectivity index is 0.000000561. The van der Waals surface area contributed by atoms with Gasteiger partial charge in [0.1, 0.15) is 6.10 Å². The number of aliphatic hydroxyl groups is 2. The summed E-state index contributed by atoms with van der Waals surface area (Å²) in [6, 6.07) is 0. The Hall–Kier alpha value is -0.160. The van der Waals surface area contributed by atoms with Crippen molar-refractivity contribution in [3.05, 3.63) is 0 Å². The largest absolute Gasteiger partial charge is 0.391 e. The SMILES string of the molecule is CC.CO[C@@H]1OC[C@@H](O)C[C@H]1O. The molecule has 0 unspecified atom stereocenters. The second kappa shape index (κ2) is 6.37. The summed E-state index contributed by atoms with van der Waals surface area (Å²) in [5.41, 5.74) is 0. The summed E-state index contributed by atoms with van der Waals surface area (Å²) in [5.74, 6) is 0. The zero-order chi connectivity index (χ0) is 9.56. The molecule has 0 radical (unpaired) electrons. The van der Waals surface area contributed by atoms with Crippen LogP contribution in [0.3, 0.4) is 0 Å². The van der Waals surface area contributed by atoms with Gasteiger partial charge < -0.3 is 19.7 Å². The van der Waals surface area contributed by atoms with Crippen LogP contribution >= 0.6 is 0 Å². The van der Waals surface area contributed by atoms with Gasteiger partial charge >= 0.3 is 0 Å². The molecule has 0 aromatic heterocycles. The van der Waals surface area contributed by atoms with Gasteiger partial charge in [0, 0.05) is 13.5 Å². The summed E-state index contributed by atoms with van der Waals surface area (Å²) in [5, 5.41) is 18.1. The third kappa shape index (κ3) is 3.49. The Morgan fingerprint density at radius 1 is 1.33 bits per heavy atom. The van der Waals surface area contributed by atoms with Crippen molar-refractivity contribution in [3.63, 3.8) is 0 Å². The Labute approximate surface area is 73.1 Å². The fourth-order valence-electron chi connectivity index (χ4n) is 1.00. The van der Waals surface area contributed by atoms with Crippen LogP contribution < -0.4 is 0 Å². The standard InChI is InChI=1S/C6H12O4.C2H6/c1-9-6-5(8)2-4(7)3-10-6;1-2/h4-8H,2-3H2,1H3;1-2H3/t4-,5+,6+;/m0./s1. The van der Waals surface area contributed by atoms with Gasteiger partial charge in [-0.1, -0.05) is 13.8 Å². The Morgan fingerprint density at radius 3 is 2.33 bits per heavy atom. The lowest BCUT2D eigenvalue weighted by atomic mass is 10.1. The van der Waals surface area contributed by atoms with Crippen molar-refractivity contribution in [1.82, 2.24) is 0 Å². The van der Waals surface area contributed by atoms with E-state index in [1.54, 1.807) is 0 Å². The lowest BCUT2D eigenvalue weighted by Crippen LogP contribution is -2.41. The van der Waals surface area contributed by atoms with Gasteiger partial charge in [-0.2, -0.15) is 0 Å². The fraction of sp³-hybridized carbons (Fsp3) is 1.00. The average molecular weight is 178 g/mol. The van der Waals surface area contributed by atoms with Crippen LogP contribution in [0.4, 0.5) is 0 Å². The summed E-state index contributed by atoms with van der Waals surface area (Å²) < 4.78 is 9.70. The van der Waals surface area contributed by atoms with E-state index < -0.39 is 18.5 Å². The van der Waals surface area contributed by atoms with Crippen LogP contribution in [-0.4, -0.2) is 42.4 Å². The first-order valence-corrected chi connectivity index (χ1v) is 4.24. The maximum Gasteiger partial charge on any atom is 0.183 e. The normalized spacial score (nSPS) is 35.2. The van der Waals surface area contributed by atoms with Crippen LogP contribution in [0.5, 0.6) is 0 Å². The summed E-state index contributed by atoms with van der Waals surface area (Å²) >= 11 is 0. The smallest absolute Gasteiger partial charge is 0.183 e. The monoisotopic (exact) mass is 178 g/mol. The Morgan fingerprint density at radius 2 is 1.92 bits per heavy atom. The van der Waals surface area contributed by atoms with Gasteiger partial charge in [-0.3, -0.25) is 0 Å². The molecule has 3 atom stereocenters. The van der Waals surface area contributed by atoms with E-state index >= 15 is 0 Å². The number of rotatable bonds is 1. The minimum Gasteiger partial charge on any atom is -0.391 e. The number of hydrogen-bond acceptors (Lipinski definition) is 4. The van der Waals surface area contributed by atoms with Crippen LogP contribution in [0.15, 0.2) is 0 Å². The van der Waals surface area contributed by atoms with E-state index in [4.69, 9.17) is 19.7 Å². The average Bonchev–Trinajstić information content (AvgIpc) is 2.08. The maximum atomic E-state index is 9.13. The topological polar surface area (TPSA) is 58.9 Å². The highest BCUT2D eigenvalue weighted by Crippen LogP contribution is 2.14. The Kier molecular flexibility index (Phi) is 6.28. The first kappa shape index (κ1) is 11.8. The zero-order valence-corrected chi connectivity index (χ0v) is 7.86. The van der Waals surface area contributed by atoms with Crippen molar-refractivity contribution in [2.75, 3.05) is 13.7 Å². The number of ether oxygens (including phenoxy) is 2. The van der Waals surface area contributed by atoms with Crippen molar-refractivity contribution >= 4 is 0 Å². The summed E-state index contributed by atoms with van der Waals surface area (Å²) in [7, 11) is 1.46. The van der Waals surface area contributed by atoms with Gasteiger partial charge in [-0.05, 0) is 0 Å². The first-order chi connectivity index (χ1) is 5.74. The Bertz CT molecular complexity index is 107. The molecule has 0 aromatic rings. The van der Waals surface area contributed by atoms with E-state index in [9.17, 15) is 0 Å². The van der Waals surface area contributed by atoms with Crippen LogP contribution in [0.25, 0.3) is 0 Å². The van der Waals surface area contributed by atoms with E-state index in [0.717, 1.165) is 0 Å². The minimum atomic E-state index is -0.700. The van der Waals surface area contributed by atoms with Crippen molar-refractivity contribution in [2.45, 2.75) is 38.8 Å². The van der Waals surface area contributed by atoms with Crippen molar-refractivity contribution in [3.8, 4) is 0 Å². The molecule has 1 saturated heterocycles. The molecule has 4 heteroatoms. The molecule has 1 heterocycles. The highest BCUT2D eigenvalue weighted by Gasteiger charge is 2.28. The van der Waals surface area contributed by atoms with Crippen molar-refractivity contribution < 1.29 is 19.7 Å². The molecule has 1 fully saturated rings. The maximum absolute atomic E-state index is 9.13. The molecule has 0 saturated carbocycles. The highest BCUT2D eigenvalue weighted by atomic mass is 16.7. The summed E-state index contributed by atoms with van der Waals surface area (Å²) in [6.45, 7) is 4.25. The van der Waals surface area contributed by atoms with E-state index in [-0.39, 0.29) is 6.61 Å². The molecule has 0 spiro atoms. The highest BCUT2D eigenvalue weighted by molar-refractivity contribution is 4.71. The lowest BCUT2D eigenvalue weighted by Gasteiger charge is -2.29. The minimum absolute atomic E-state index is 0.246. The van der Waals surface area contributed by atoms with E-state index in [0.29, 0.717) is 6.42 Å². The number of hydrogen-bond donors (Lipinski definition) is 2. The van der Waals surface area contributed by atoms with Gasteiger partial charge in [0.2, 0.25) is 0 Å². The van der Waals surface area contributed by atoms with Gasteiger partial charge in [0.25, 0.3) is 0 Å². The molecule has 0 amide bonds. The molecule has 1 aliphatic rings. The van der Waals surface area contributed by atoms with Crippen LogP contribution in [0.2, 0.25) is 0 Å². The second-order valence-electron chi connectivity index (χ2n) is 2.39. The van der Waals surface area contributed by atoms with Crippen LogP contribution in [0, 0.1) is 0 Å². The molecular formula is C8H18O4. The van der Waals surface area contributed by atoms with E-state index in [2.05, 4.69) is 0 Å². The first-order valence-electron chi connectivity index (χ1n) is 4.24. The molecule has 1 aliphatic heterocycles. The van der Waals surface area contributed by atoms with Gasteiger partial charge in [0.05, 0.1) is 12.7 Å². The lowest BCUT2D eigenvalue weighted by molar-refractivity contribution is -0.224. The van der Waals surface area contributed by atoms with E-state index in [1.165, 1.54) is 7.11 Å². The molecule has 0 bridgehead atoms. The molecule has 0 aromatic carbocycles. The molecule has 74 valence electrons. The number of aliphatic hydroxyl groups excluding tert-OH is 2. The van der Waals surface area contributed by atoms with Crippen LogP contribution in [-0.2, 0) is 9.47 Å². The zero-order valence-electron chi connectivity index (χ0n) is 7.86. The molecule has 4 nitrogen and oxygen atoms in total. The number of methoxy groups -OCH3 is 1. The predicted octanol–water partition coefficient (Wildman–Crippen LogP) is 0.127. The second-order valence-corrected chi connectivity index (χ2v) is 2.39. The third-order valence-corrected chi connectivity index (χ3v) is 1.51. The molecule has 12 heavy (non-hydrogen) atoms. The van der Waals surface area contributed by atoms with Gasteiger partial charge in [-0.25, -0.2) is 0 Å². The summed E-state index contributed by atoms with van der Waals surface area (Å²) in [4.78, 5) is 0. The summed E-state index contributed by atoms with van der Waals surface area (Å²) in [6.07, 6.45) is -1.49. The molecular weight excluding hydrogens is 160 g/mol. The van der Waals surface area contributed by atoms with Gasteiger partial charge in [0.15, 0.2) is 6.29 Å². The fourth-order valence-corrected chi connectivity index (χ4v) is 1.00. The van der Waals surface area contributed by atoms with E-state index in [1.807, 2.05) is 13.8 Å². The molecule has 1 rings (SSSR count). The van der Waals surface area contributed by atoms with Crippen molar-refractivity contribution in [1.29, 1.82) is 0 Å². The molecule has 2 N–H and O–H groups in total. The quantitative estimate of drug-likeness (QED) is 0.599. The predicted molar refractivity (Wildman–Crippen MR) is 44.7 cm³/mol. The van der Waals surface area contributed by atoms with Crippen LogP contribution in [0.1, 0.15) is 20.3 Å².